The number of fused-ring (bicyclic) bond motifs is 1. The number of carbonyl (C=O) groups is 4. The number of nitrogens with zero attached hydrogens (tertiary/aromatic N) is 5. The Balaban J connectivity index is 1.13. The number of carbonyl (C=O) groups excluding carboxylic acids is 4. The zero-order valence-electron chi connectivity index (χ0n) is 37.4. The maximum absolute atomic E-state index is 14.2. The van der Waals surface area contributed by atoms with E-state index in [0.29, 0.717) is 5.56 Å². The molecule has 344 valence electrons. The number of hydrogen-bond acceptors (Lipinski definition) is 10. The Morgan fingerprint density at radius 1 is 0.514 bits per heavy atom. The standard InChI is InChI=1S/C57H43N5O8/c63-52(39-22-8-1-9-23-39)60-51-47-50(59-38-61(51)53(64)40-24-10-2-11-25-40)62(37-58-47)54-49(70-56(66)42-28-14-4-15-29-42)48(69-55(65)41-26-12-3-13-27-41)46(68-54)36-67-57(43-30-16-5-17-31-43,44-32-18-6-19-33-44)45-34-20-7-21-35-45/h1-35,37-38,46,48-49,54H,36H2/t46-,48-,49-,54-/m1/s1. The molecule has 1 aliphatic heterocycles. The quantitative estimate of drug-likeness (QED) is 0.0809. The highest BCUT2D eigenvalue weighted by molar-refractivity contribution is 5.98. The van der Waals surface area contributed by atoms with Gasteiger partial charge in [-0.2, -0.15) is 4.99 Å². The number of aromatic nitrogens is 4. The predicted octanol–water partition coefficient (Wildman–Crippen LogP) is 9.02. The van der Waals surface area contributed by atoms with E-state index in [-0.39, 0.29) is 39.9 Å². The van der Waals surface area contributed by atoms with Crippen LogP contribution in [0.5, 0.6) is 0 Å². The molecule has 13 heteroatoms. The summed E-state index contributed by atoms with van der Waals surface area (Å²) in [6.45, 7) is -0.209. The summed E-state index contributed by atoms with van der Waals surface area (Å²) in [6, 6.07) is 63.1. The second-order valence-electron chi connectivity index (χ2n) is 16.3. The van der Waals surface area contributed by atoms with Crippen molar-refractivity contribution < 1.29 is 38.1 Å². The van der Waals surface area contributed by atoms with Crippen molar-refractivity contribution in [1.82, 2.24) is 19.1 Å². The fraction of sp³-hybridized carbons (Fsp3) is 0.105. The average Bonchev–Trinajstić information content (AvgIpc) is 4.01. The van der Waals surface area contributed by atoms with E-state index >= 15 is 0 Å². The van der Waals surface area contributed by atoms with Gasteiger partial charge in [0.05, 0.1) is 24.1 Å². The summed E-state index contributed by atoms with van der Waals surface area (Å²) in [5.74, 6) is -2.56. The number of hydrogen-bond donors (Lipinski definition) is 0. The van der Waals surface area contributed by atoms with Crippen LogP contribution in [0.4, 0.5) is 0 Å². The molecule has 0 N–H and O–H groups in total. The van der Waals surface area contributed by atoms with Gasteiger partial charge in [-0.25, -0.2) is 24.1 Å². The maximum Gasteiger partial charge on any atom is 0.338 e. The van der Waals surface area contributed by atoms with Crippen LogP contribution >= 0.6 is 0 Å². The van der Waals surface area contributed by atoms with Gasteiger partial charge in [0.2, 0.25) is 0 Å². The molecule has 0 saturated carbocycles. The van der Waals surface area contributed by atoms with Crippen molar-refractivity contribution in [3.05, 3.63) is 269 Å². The van der Waals surface area contributed by atoms with Crippen molar-refractivity contribution >= 4 is 34.9 Å². The molecule has 1 saturated heterocycles. The predicted molar refractivity (Wildman–Crippen MR) is 258 cm³/mol. The molecule has 0 aliphatic carbocycles. The molecule has 0 unspecified atom stereocenters. The van der Waals surface area contributed by atoms with Gasteiger partial charge in [-0.1, -0.05) is 164 Å². The highest BCUT2D eigenvalue weighted by Crippen LogP contribution is 2.43. The van der Waals surface area contributed by atoms with Gasteiger partial charge in [-0.3, -0.25) is 14.2 Å². The molecule has 0 spiro atoms. The molecule has 13 nitrogen and oxygen atoms in total. The largest absolute Gasteiger partial charge is 0.452 e. The van der Waals surface area contributed by atoms with E-state index in [1.165, 1.54) is 17.2 Å². The summed E-state index contributed by atoms with van der Waals surface area (Å²) in [5, 5.41) is 0. The van der Waals surface area contributed by atoms with Gasteiger partial charge >= 0.3 is 11.9 Å². The highest BCUT2D eigenvalue weighted by atomic mass is 16.7. The Morgan fingerprint density at radius 2 is 0.943 bits per heavy atom. The van der Waals surface area contributed by atoms with E-state index in [1.54, 1.807) is 121 Å². The van der Waals surface area contributed by atoms with Crippen molar-refractivity contribution in [1.29, 1.82) is 0 Å². The third-order valence-electron chi connectivity index (χ3n) is 12.0. The highest BCUT2D eigenvalue weighted by Gasteiger charge is 2.52. The molecule has 70 heavy (non-hydrogen) atoms. The summed E-state index contributed by atoms with van der Waals surface area (Å²) >= 11 is 0. The van der Waals surface area contributed by atoms with Gasteiger partial charge in [-0.15, -0.1) is 0 Å². The van der Waals surface area contributed by atoms with Gasteiger partial charge in [0, 0.05) is 11.1 Å². The van der Waals surface area contributed by atoms with E-state index in [0.717, 1.165) is 21.3 Å². The van der Waals surface area contributed by atoms with Gasteiger partial charge in [0.15, 0.2) is 35.1 Å². The minimum atomic E-state index is -1.36. The van der Waals surface area contributed by atoms with Gasteiger partial charge in [-0.05, 0) is 65.2 Å². The molecule has 1 fully saturated rings. The summed E-state index contributed by atoms with van der Waals surface area (Å²) < 4.78 is 29.8. The van der Waals surface area contributed by atoms with Crippen molar-refractivity contribution in [2.45, 2.75) is 30.1 Å². The molecule has 0 radical (unpaired) electrons. The van der Waals surface area contributed by atoms with E-state index in [1.807, 2.05) is 91.0 Å². The van der Waals surface area contributed by atoms with Crippen LogP contribution in [0.2, 0.25) is 0 Å². The second kappa shape index (κ2) is 20.1. The zero-order chi connectivity index (χ0) is 47.9. The number of benzene rings is 7. The number of amides is 1. The smallest absolute Gasteiger partial charge is 0.338 e. The molecule has 2 aromatic heterocycles. The van der Waals surface area contributed by atoms with Crippen LogP contribution in [-0.2, 0) is 24.5 Å². The lowest BCUT2D eigenvalue weighted by Gasteiger charge is -2.37. The van der Waals surface area contributed by atoms with Crippen molar-refractivity contribution in [3.8, 4) is 0 Å². The first kappa shape index (κ1) is 44.9. The minimum absolute atomic E-state index is 0.0570. The van der Waals surface area contributed by atoms with Crippen LogP contribution in [0.1, 0.15) is 64.4 Å². The van der Waals surface area contributed by atoms with Gasteiger partial charge < -0.3 is 18.9 Å². The molecule has 1 aliphatic rings. The van der Waals surface area contributed by atoms with E-state index in [9.17, 15) is 19.2 Å². The lowest BCUT2D eigenvalue weighted by atomic mass is 9.80. The molecule has 0 bridgehead atoms. The van der Waals surface area contributed by atoms with Crippen LogP contribution in [0.15, 0.2) is 230 Å². The summed E-state index contributed by atoms with van der Waals surface area (Å²) in [6.07, 6.45) is -2.41. The van der Waals surface area contributed by atoms with Crippen LogP contribution in [0, 0.1) is 0 Å². The maximum atomic E-state index is 14.2. The Hall–Kier alpha value is -8.91. The molecule has 3 heterocycles. The molecular weight excluding hydrogens is 883 g/mol. The summed E-state index contributed by atoms with van der Waals surface area (Å²) in [5.41, 5.74) is 2.37. The molecule has 1 amide bonds. The molecular formula is C57H43N5O8. The Kier molecular flexibility index (Phi) is 12.9. The van der Waals surface area contributed by atoms with Crippen molar-refractivity contribution in [2.75, 3.05) is 6.61 Å². The normalized spacial score (nSPS) is 16.9. The first-order valence-corrected chi connectivity index (χ1v) is 22.5. The fourth-order valence-electron chi connectivity index (χ4n) is 8.67. The molecule has 4 atom stereocenters. The van der Waals surface area contributed by atoms with E-state index in [2.05, 4.69) is 4.99 Å². The minimum Gasteiger partial charge on any atom is -0.452 e. The van der Waals surface area contributed by atoms with Crippen LogP contribution in [0.25, 0.3) is 11.2 Å². The number of esters is 2. The monoisotopic (exact) mass is 925 g/mol. The third-order valence-corrected chi connectivity index (χ3v) is 12.0. The first-order valence-electron chi connectivity index (χ1n) is 22.5. The molecule has 10 rings (SSSR count). The third kappa shape index (κ3) is 8.97. The van der Waals surface area contributed by atoms with E-state index in [4.69, 9.17) is 28.9 Å². The Bertz CT molecular complexity index is 3240. The topological polar surface area (TPSA) is 153 Å². The van der Waals surface area contributed by atoms with Crippen LogP contribution in [-0.4, -0.2) is 67.8 Å². The van der Waals surface area contributed by atoms with Crippen molar-refractivity contribution in [3.63, 3.8) is 0 Å². The second-order valence-corrected chi connectivity index (χ2v) is 16.3. The molecule has 7 aromatic carbocycles. The Morgan fingerprint density at radius 3 is 1.43 bits per heavy atom. The number of imidazole rings is 1. The summed E-state index contributed by atoms with van der Waals surface area (Å²) in [7, 11) is 0. The SMILES string of the molecule is O=C(N=c1c2ncn([C@@H]3O[C@H](COC(c4ccccc4)(c4ccccc4)c4ccccc4)[C@@H](OC(=O)c4ccccc4)[C@H]3OC(=O)c3ccccc3)c2ncn1C(=O)c1ccccc1)c1ccccc1. The summed E-state index contributed by atoms with van der Waals surface area (Å²) in [4.78, 5) is 70.3. The Labute approximate surface area is 401 Å². The lowest BCUT2D eigenvalue weighted by Crippen LogP contribution is -2.43. The average molecular weight is 926 g/mol. The zero-order valence-corrected chi connectivity index (χ0v) is 37.4. The van der Waals surface area contributed by atoms with Gasteiger partial charge in [0.1, 0.15) is 18.0 Å². The van der Waals surface area contributed by atoms with E-state index < -0.39 is 53.9 Å². The fourth-order valence-corrected chi connectivity index (χ4v) is 8.67. The molecule has 9 aromatic rings. The number of ether oxygens (including phenoxy) is 4. The van der Waals surface area contributed by atoms with Crippen LogP contribution in [0.3, 0.4) is 0 Å². The van der Waals surface area contributed by atoms with Crippen molar-refractivity contribution in [2.24, 2.45) is 4.99 Å². The number of rotatable bonds is 13. The van der Waals surface area contributed by atoms with Gasteiger partial charge in [0.25, 0.3) is 11.8 Å². The van der Waals surface area contributed by atoms with Crippen LogP contribution < -0.4 is 5.49 Å². The lowest BCUT2D eigenvalue weighted by molar-refractivity contribution is -0.0961. The first-order chi connectivity index (χ1) is 34.4.